The lowest BCUT2D eigenvalue weighted by atomic mass is 10.1. The number of halogens is 1. The van der Waals surface area contributed by atoms with Crippen LogP contribution in [0, 0.1) is 0 Å². The van der Waals surface area contributed by atoms with Gasteiger partial charge in [-0.05, 0) is 31.4 Å². The van der Waals surface area contributed by atoms with Gasteiger partial charge in [0.15, 0.2) is 5.96 Å². The van der Waals surface area contributed by atoms with E-state index in [1.54, 1.807) is 0 Å². The molecule has 4 nitrogen and oxygen atoms in total. The summed E-state index contributed by atoms with van der Waals surface area (Å²) < 4.78 is 0. The van der Waals surface area contributed by atoms with Gasteiger partial charge >= 0.3 is 0 Å². The Balaban J connectivity index is 0.00000161. The minimum Gasteiger partial charge on any atom is -0.357 e. The van der Waals surface area contributed by atoms with E-state index < -0.39 is 0 Å². The normalized spacial score (nSPS) is 14.6. The Labute approximate surface area is 142 Å². The molecule has 0 amide bonds. The van der Waals surface area contributed by atoms with Gasteiger partial charge in [-0.1, -0.05) is 24.3 Å². The summed E-state index contributed by atoms with van der Waals surface area (Å²) >= 11 is 0. The summed E-state index contributed by atoms with van der Waals surface area (Å²) in [7, 11) is 0. The van der Waals surface area contributed by atoms with Gasteiger partial charge in [0.05, 0.1) is 12.1 Å². The minimum atomic E-state index is 0. The van der Waals surface area contributed by atoms with Gasteiger partial charge in [0.1, 0.15) is 0 Å². The van der Waals surface area contributed by atoms with Crippen LogP contribution in [0.15, 0.2) is 41.5 Å². The fourth-order valence-corrected chi connectivity index (χ4v) is 2.20. The second kappa shape index (κ2) is 7.59. The van der Waals surface area contributed by atoms with Gasteiger partial charge in [0.2, 0.25) is 0 Å². The summed E-state index contributed by atoms with van der Waals surface area (Å²) in [5.74, 6) is 0.905. The van der Waals surface area contributed by atoms with Gasteiger partial charge in [-0.15, -0.1) is 24.0 Å². The van der Waals surface area contributed by atoms with Crippen molar-refractivity contribution in [1.29, 1.82) is 0 Å². The molecule has 1 aliphatic rings. The summed E-state index contributed by atoms with van der Waals surface area (Å²) in [5.41, 5.74) is 2.21. The number of fused-ring (bicyclic) bond motifs is 1. The monoisotopic (exact) mass is 396 g/mol. The molecular weight excluding hydrogens is 375 g/mol. The van der Waals surface area contributed by atoms with E-state index in [0.29, 0.717) is 12.6 Å². The third-order valence-corrected chi connectivity index (χ3v) is 3.39. The number of pyridine rings is 1. The molecule has 0 saturated heterocycles. The van der Waals surface area contributed by atoms with Crippen molar-refractivity contribution in [3.63, 3.8) is 0 Å². The molecule has 1 heterocycles. The topological polar surface area (TPSA) is 49.3 Å². The lowest BCUT2D eigenvalue weighted by Gasteiger charge is -2.10. The SMILES string of the molecule is CCNC(=NCc1cccc2cccnc12)NC1CC1.I. The van der Waals surface area contributed by atoms with Crippen molar-refractivity contribution in [3.8, 4) is 0 Å². The first-order valence-electron chi connectivity index (χ1n) is 7.24. The summed E-state index contributed by atoms with van der Waals surface area (Å²) in [5, 5.41) is 7.89. The molecule has 1 aromatic carbocycles. The maximum absolute atomic E-state index is 4.67. The standard InChI is InChI=1S/C16H20N4.HI/c1-2-17-16(20-14-8-9-14)19-11-13-6-3-5-12-7-4-10-18-15(12)13;/h3-7,10,14H,2,8-9,11H2,1H3,(H2,17,19,20);1H. The number of guanidine groups is 1. The Hall–Kier alpha value is -1.37. The van der Waals surface area contributed by atoms with Gasteiger partial charge in [0, 0.05) is 24.2 Å². The highest BCUT2D eigenvalue weighted by molar-refractivity contribution is 14.0. The third kappa shape index (κ3) is 4.30. The van der Waals surface area contributed by atoms with Gasteiger partial charge in [-0.3, -0.25) is 4.98 Å². The van der Waals surface area contributed by atoms with E-state index in [1.807, 2.05) is 12.3 Å². The molecule has 2 aromatic rings. The fraction of sp³-hybridized carbons (Fsp3) is 0.375. The number of nitrogens with one attached hydrogen (secondary N) is 2. The second-order valence-electron chi connectivity index (χ2n) is 5.11. The van der Waals surface area contributed by atoms with Gasteiger partial charge in [-0.2, -0.15) is 0 Å². The number of aliphatic imine (C=N–C) groups is 1. The molecule has 2 N–H and O–H groups in total. The lowest BCUT2D eigenvalue weighted by Crippen LogP contribution is -2.38. The van der Waals surface area contributed by atoms with E-state index in [1.165, 1.54) is 18.2 Å². The van der Waals surface area contributed by atoms with E-state index in [0.717, 1.165) is 23.6 Å². The van der Waals surface area contributed by atoms with Crippen molar-refractivity contribution < 1.29 is 0 Å². The van der Waals surface area contributed by atoms with Crippen molar-refractivity contribution in [1.82, 2.24) is 15.6 Å². The Bertz CT molecular complexity index is 617. The van der Waals surface area contributed by atoms with Crippen LogP contribution in [0.2, 0.25) is 0 Å². The molecule has 0 spiro atoms. The first-order valence-corrected chi connectivity index (χ1v) is 7.24. The molecule has 0 bridgehead atoms. The lowest BCUT2D eigenvalue weighted by molar-refractivity contribution is 0.812. The number of aromatic nitrogens is 1. The van der Waals surface area contributed by atoms with E-state index in [-0.39, 0.29) is 24.0 Å². The fourth-order valence-electron chi connectivity index (χ4n) is 2.20. The first kappa shape index (κ1) is 16.0. The predicted molar refractivity (Wildman–Crippen MR) is 98.1 cm³/mol. The molecule has 0 aliphatic heterocycles. The summed E-state index contributed by atoms with van der Waals surface area (Å²) in [6.07, 6.45) is 4.34. The van der Waals surface area contributed by atoms with Crippen LogP contribution in [0.5, 0.6) is 0 Å². The van der Waals surface area contributed by atoms with Crippen LogP contribution in [0.3, 0.4) is 0 Å². The Morgan fingerprint density at radius 1 is 1.29 bits per heavy atom. The van der Waals surface area contributed by atoms with Crippen molar-refractivity contribution in [2.45, 2.75) is 32.4 Å². The Kier molecular flexibility index (Phi) is 5.78. The number of para-hydroxylation sites is 1. The van der Waals surface area contributed by atoms with Gasteiger partial charge < -0.3 is 10.6 Å². The van der Waals surface area contributed by atoms with E-state index in [4.69, 9.17) is 0 Å². The van der Waals surface area contributed by atoms with Crippen molar-refractivity contribution in [3.05, 3.63) is 42.1 Å². The van der Waals surface area contributed by atoms with Crippen LogP contribution in [-0.4, -0.2) is 23.5 Å². The number of benzene rings is 1. The molecule has 1 aliphatic carbocycles. The molecular formula is C16H21IN4. The minimum absolute atomic E-state index is 0. The highest BCUT2D eigenvalue weighted by Gasteiger charge is 2.22. The largest absolute Gasteiger partial charge is 0.357 e. The molecule has 112 valence electrons. The molecule has 21 heavy (non-hydrogen) atoms. The highest BCUT2D eigenvalue weighted by atomic mass is 127. The van der Waals surface area contributed by atoms with E-state index in [2.05, 4.69) is 51.8 Å². The molecule has 1 saturated carbocycles. The summed E-state index contributed by atoms with van der Waals surface area (Å²) in [6.45, 7) is 3.62. The maximum atomic E-state index is 4.67. The zero-order chi connectivity index (χ0) is 13.8. The summed E-state index contributed by atoms with van der Waals surface area (Å²) in [6, 6.07) is 10.9. The second-order valence-corrected chi connectivity index (χ2v) is 5.11. The van der Waals surface area contributed by atoms with E-state index >= 15 is 0 Å². The van der Waals surface area contributed by atoms with Gasteiger partial charge in [0.25, 0.3) is 0 Å². The average Bonchev–Trinajstić information content (AvgIpc) is 3.29. The van der Waals surface area contributed by atoms with Crippen LogP contribution < -0.4 is 10.6 Å². The molecule has 1 fully saturated rings. The average molecular weight is 396 g/mol. The molecule has 0 atom stereocenters. The van der Waals surface area contributed by atoms with Gasteiger partial charge in [-0.25, -0.2) is 4.99 Å². The number of nitrogens with zero attached hydrogens (tertiary/aromatic N) is 2. The van der Waals surface area contributed by atoms with Crippen LogP contribution in [0.4, 0.5) is 0 Å². The number of hydrogen-bond donors (Lipinski definition) is 2. The van der Waals surface area contributed by atoms with Crippen LogP contribution >= 0.6 is 24.0 Å². The van der Waals surface area contributed by atoms with E-state index in [9.17, 15) is 0 Å². The molecule has 0 unspecified atom stereocenters. The zero-order valence-corrected chi connectivity index (χ0v) is 14.5. The molecule has 5 heteroatoms. The smallest absolute Gasteiger partial charge is 0.191 e. The van der Waals surface area contributed by atoms with Crippen LogP contribution in [-0.2, 0) is 6.54 Å². The maximum Gasteiger partial charge on any atom is 0.191 e. The molecule has 0 radical (unpaired) electrons. The molecule has 1 aromatic heterocycles. The highest BCUT2D eigenvalue weighted by Crippen LogP contribution is 2.19. The number of hydrogen-bond acceptors (Lipinski definition) is 2. The van der Waals surface area contributed by atoms with Crippen LogP contribution in [0.1, 0.15) is 25.3 Å². The number of rotatable bonds is 4. The third-order valence-electron chi connectivity index (χ3n) is 3.39. The molecule has 3 rings (SSSR count). The van der Waals surface area contributed by atoms with Crippen molar-refractivity contribution >= 4 is 40.8 Å². The first-order chi connectivity index (χ1) is 9.86. The zero-order valence-electron chi connectivity index (χ0n) is 12.2. The Morgan fingerprint density at radius 3 is 2.86 bits per heavy atom. The quantitative estimate of drug-likeness (QED) is 0.475. The van der Waals surface area contributed by atoms with Crippen molar-refractivity contribution in [2.24, 2.45) is 4.99 Å². The van der Waals surface area contributed by atoms with Crippen LogP contribution in [0.25, 0.3) is 10.9 Å². The Morgan fingerprint density at radius 2 is 2.10 bits per heavy atom. The van der Waals surface area contributed by atoms with Crippen molar-refractivity contribution in [2.75, 3.05) is 6.54 Å². The predicted octanol–water partition coefficient (Wildman–Crippen LogP) is 3.07. The summed E-state index contributed by atoms with van der Waals surface area (Å²) in [4.78, 5) is 9.14.